The van der Waals surface area contributed by atoms with E-state index in [0.29, 0.717) is 6.10 Å². The SMILES string of the molecule is CC=CCC1CCC(CCC2CCC(OC)CC2)CC1. The molecule has 0 aromatic carbocycles. The molecule has 2 rings (SSSR count). The Bertz CT molecular complexity index is 267. The molecule has 2 fully saturated rings. The summed E-state index contributed by atoms with van der Waals surface area (Å²) in [5, 5.41) is 0. The van der Waals surface area contributed by atoms with Gasteiger partial charge in [-0.2, -0.15) is 0 Å². The summed E-state index contributed by atoms with van der Waals surface area (Å²) in [5.74, 6) is 3.03. The molecule has 2 aliphatic rings. The lowest BCUT2D eigenvalue weighted by atomic mass is 9.76. The van der Waals surface area contributed by atoms with E-state index in [1.807, 2.05) is 7.11 Å². The summed E-state index contributed by atoms with van der Waals surface area (Å²) in [6, 6.07) is 0. The molecule has 0 bridgehead atoms. The summed E-state index contributed by atoms with van der Waals surface area (Å²) in [7, 11) is 1.87. The Morgan fingerprint density at radius 1 is 0.800 bits per heavy atom. The number of allylic oxidation sites excluding steroid dienone is 2. The fourth-order valence-electron chi connectivity index (χ4n) is 4.21. The van der Waals surface area contributed by atoms with Crippen molar-refractivity contribution in [2.45, 2.75) is 83.7 Å². The normalized spacial score (nSPS) is 35.5. The van der Waals surface area contributed by atoms with Crippen molar-refractivity contribution in [3.63, 3.8) is 0 Å². The van der Waals surface area contributed by atoms with E-state index in [4.69, 9.17) is 4.74 Å². The van der Waals surface area contributed by atoms with Gasteiger partial charge in [-0.25, -0.2) is 0 Å². The van der Waals surface area contributed by atoms with E-state index in [0.717, 1.165) is 17.8 Å². The molecule has 0 N–H and O–H groups in total. The predicted octanol–water partition coefficient (Wildman–Crippen LogP) is 5.74. The predicted molar refractivity (Wildman–Crippen MR) is 86.9 cm³/mol. The molecule has 0 aromatic heterocycles. The van der Waals surface area contributed by atoms with Crippen LogP contribution >= 0.6 is 0 Å². The van der Waals surface area contributed by atoms with Gasteiger partial charge >= 0.3 is 0 Å². The van der Waals surface area contributed by atoms with Crippen molar-refractivity contribution in [3.8, 4) is 0 Å². The van der Waals surface area contributed by atoms with E-state index < -0.39 is 0 Å². The lowest BCUT2D eigenvalue weighted by molar-refractivity contribution is 0.0540. The minimum atomic E-state index is 0.563. The van der Waals surface area contributed by atoms with E-state index in [1.54, 1.807) is 0 Å². The molecule has 0 saturated heterocycles. The zero-order valence-electron chi connectivity index (χ0n) is 13.7. The first-order chi connectivity index (χ1) is 9.81. The molecule has 0 aliphatic heterocycles. The summed E-state index contributed by atoms with van der Waals surface area (Å²) in [5.41, 5.74) is 0. The minimum Gasteiger partial charge on any atom is -0.381 e. The van der Waals surface area contributed by atoms with Crippen LogP contribution < -0.4 is 0 Å². The van der Waals surface area contributed by atoms with E-state index in [2.05, 4.69) is 19.1 Å². The van der Waals surface area contributed by atoms with Gasteiger partial charge < -0.3 is 4.74 Å². The average molecular weight is 278 g/mol. The van der Waals surface area contributed by atoms with Crippen LogP contribution in [0, 0.1) is 17.8 Å². The lowest BCUT2D eigenvalue weighted by Crippen LogP contribution is -2.21. The summed E-state index contributed by atoms with van der Waals surface area (Å²) >= 11 is 0. The highest BCUT2D eigenvalue weighted by atomic mass is 16.5. The molecule has 0 aromatic rings. The second-order valence-corrected chi connectivity index (χ2v) is 7.15. The van der Waals surface area contributed by atoms with Gasteiger partial charge in [0.2, 0.25) is 0 Å². The third kappa shape index (κ3) is 5.24. The average Bonchev–Trinajstić information content (AvgIpc) is 2.52. The van der Waals surface area contributed by atoms with Crippen LogP contribution in [0.4, 0.5) is 0 Å². The molecule has 0 heterocycles. The maximum Gasteiger partial charge on any atom is 0.0571 e. The van der Waals surface area contributed by atoms with Gasteiger partial charge in [0, 0.05) is 7.11 Å². The van der Waals surface area contributed by atoms with Gasteiger partial charge in [-0.1, -0.05) is 37.8 Å². The van der Waals surface area contributed by atoms with E-state index in [9.17, 15) is 0 Å². The smallest absolute Gasteiger partial charge is 0.0571 e. The Hall–Kier alpha value is -0.300. The Morgan fingerprint density at radius 2 is 1.30 bits per heavy atom. The van der Waals surface area contributed by atoms with Crippen LogP contribution in [0.15, 0.2) is 12.2 Å². The number of hydrogen-bond donors (Lipinski definition) is 0. The fraction of sp³-hybridized carbons (Fsp3) is 0.895. The molecule has 0 atom stereocenters. The molecule has 0 spiro atoms. The van der Waals surface area contributed by atoms with Gasteiger partial charge in [0.15, 0.2) is 0 Å². The van der Waals surface area contributed by atoms with Crippen molar-refractivity contribution in [1.82, 2.24) is 0 Å². The van der Waals surface area contributed by atoms with Crippen LogP contribution in [0.2, 0.25) is 0 Å². The molecular weight excluding hydrogens is 244 g/mol. The molecular formula is C19H34O. The highest BCUT2D eigenvalue weighted by molar-refractivity contribution is 4.83. The monoisotopic (exact) mass is 278 g/mol. The quantitative estimate of drug-likeness (QED) is 0.562. The zero-order valence-corrected chi connectivity index (χ0v) is 13.7. The first-order valence-electron chi connectivity index (χ1n) is 8.95. The largest absolute Gasteiger partial charge is 0.381 e. The highest BCUT2D eigenvalue weighted by Crippen LogP contribution is 2.36. The topological polar surface area (TPSA) is 9.23 Å². The fourth-order valence-corrected chi connectivity index (χ4v) is 4.21. The highest BCUT2D eigenvalue weighted by Gasteiger charge is 2.24. The molecule has 1 heteroatoms. The van der Waals surface area contributed by atoms with Gasteiger partial charge in [0.1, 0.15) is 0 Å². The van der Waals surface area contributed by atoms with Crippen LogP contribution in [-0.4, -0.2) is 13.2 Å². The Kier molecular flexibility index (Phi) is 7.13. The van der Waals surface area contributed by atoms with Crippen molar-refractivity contribution in [2.75, 3.05) is 7.11 Å². The van der Waals surface area contributed by atoms with Crippen molar-refractivity contribution in [3.05, 3.63) is 12.2 Å². The number of ether oxygens (including phenoxy) is 1. The number of methoxy groups -OCH3 is 1. The molecule has 0 amide bonds. The third-order valence-electron chi connectivity index (χ3n) is 5.78. The molecule has 0 radical (unpaired) electrons. The Labute approximate surface area is 126 Å². The van der Waals surface area contributed by atoms with Crippen LogP contribution in [0.25, 0.3) is 0 Å². The first-order valence-corrected chi connectivity index (χ1v) is 8.95. The summed E-state index contributed by atoms with van der Waals surface area (Å²) in [6.45, 7) is 2.14. The molecule has 2 aliphatic carbocycles. The molecule has 20 heavy (non-hydrogen) atoms. The summed E-state index contributed by atoms with van der Waals surface area (Å²) in [6.07, 6.45) is 20.8. The second-order valence-electron chi connectivity index (χ2n) is 7.15. The Balaban J connectivity index is 1.57. The third-order valence-corrected chi connectivity index (χ3v) is 5.78. The van der Waals surface area contributed by atoms with Crippen LogP contribution in [0.5, 0.6) is 0 Å². The van der Waals surface area contributed by atoms with Crippen LogP contribution in [0.1, 0.15) is 77.6 Å². The van der Waals surface area contributed by atoms with Crippen LogP contribution in [0.3, 0.4) is 0 Å². The summed E-state index contributed by atoms with van der Waals surface area (Å²) < 4.78 is 5.47. The van der Waals surface area contributed by atoms with Crippen molar-refractivity contribution >= 4 is 0 Å². The van der Waals surface area contributed by atoms with Gasteiger partial charge in [0.25, 0.3) is 0 Å². The van der Waals surface area contributed by atoms with E-state index in [1.165, 1.54) is 70.6 Å². The standard InChI is InChI=1S/C19H34O/c1-3-4-5-16-6-8-17(9-7-16)10-11-18-12-14-19(20-2)15-13-18/h3-4,16-19H,5-15H2,1-2H3. The molecule has 0 unspecified atom stereocenters. The van der Waals surface area contributed by atoms with Gasteiger partial charge in [-0.05, 0) is 69.6 Å². The number of rotatable bonds is 6. The minimum absolute atomic E-state index is 0.563. The zero-order chi connectivity index (χ0) is 14.2. The molecule has 1 nitrogen and oxygen atoms in total. The maximum absolute atomic E-state index is 5.47. The molecule has 2 saturated carbocycles. The second kappa shape index (κ2) is 8.87. The Morgan fingerprint density at radius 3 is 1.80 bits per heavy atom. The van der Waals surface area contributed by atoms with Gasteiger partial charge in [0.05, 0.1) is 6.10 Å². The number of hydrogen-bond acceptors (Lipinski definition) is 1. The van der Waals surface area contributed by atoms with E-state index >= 15 is 0 Å². The van der Waals surface area contributed by atoms with Crippen molar-refractivity contribution in [2.24, 2.45) is 17.8 Å². The van der Waals surface area contributed by atoms with Crippen LogP contribution in [-0.2, 0) is 4.74 Å². The van der Waals surface area contributed by atoms with Crippen molar-refractivity contribution < 1.29 is 4.74 Å². The lowest BCUT2D eigenvalue weighted by Gasteiger charge is -2.31. The first kappa shape index (κ1) is 16.1. The van der Waals surface area contributed by atoms with Gasteiger partial charge in [-0.15, -0.1) is 0 Å². The van der Waals surface area contributed by atoms with E-state index in [-0.39, 0.29) is 0 Å². The maximum atomic E-state index is 5.47. The van der Waals surface area contributed by atoms with Gasteiger partial charge in [-0.3, -0.25) is 0 Å². The van der Waals surface area contributed by atoms with Crippen molar-refractivity contribution in [1.29, 1.82) is 0 Å². The summed E-state index contributed by atoms with van der Waals surface area (Å²) in [4.78, 5) is 0. The molecule has 116 valence electrons.